The van der Waals surface area contributed by atoms with Crippen molar-refractivity contribution in [3.63, 3.8) is 0 Å². The second-order valence-electron chi connectivity index (χ2n) is 2.33. The van der Waals surface area contributed by atoms with Crippen LogP contribution in [-0.2, 0) is 6.42 Å². The molecule has 0 aliphatic carbocycles. The lowest BCUT2D eigenvalue weighted by Gasteiger charge is -1.90. The lowest BCUT2D eigenvalue weighted by molar-refractivity contribution is 0.147. The first kappa shape index (κ1) is 7.12. The largest absolute Gasteiger partial charge is 0.412 e. The van der Waals surface area contributed by atoms with E-state index >= 15 is 0 Å². The van der Waals surface area contributed by atoms with Crippen LogP contribution < -0.4 is 0 Å². The molecule has 0 aromatic carbocycles. The van der Waals surface area contributed by atoms with E-state index in [2.05, 4.69) is 12.0 Å². The average Bonchev–Trinajstić information content (AvgIpc) is 2.31. The molecule has 0 amide bonds. The number of aryl methyl sites for hydroxylation is 1. The van der Waals surface area contributed by atoms with Gasteiger partial charge in [-0.2, -0.15) is 0 Å². The second kappa shape index (κ2) is 3.25. The van der Waals surface area contributed by atoms with Gasteiger partial charge in [0.15, 0.2) is 0 Å². The van der Waals surface area contributed by atoms with Gasteiger partial charge < -0.3 is 5.21 Å². The monoisotopic (exact) mass is 140 g/mol. The highest BCUT2D eigenvalue weighted by molar-refractivity contribution is 4.97. The van der Waals surface area contributed by atoms with Crippen molar-refractivity contribution >= 4 is 0 Å². The predicted octanol–water partition coefficient (Wildman–Crippen LogP) is 1.46. The molecule has 10 heavy (non-hydrogen) atoms. The van der Waals surface area contributed by atoms with Crippen LogP contribution in [0.15, 0.2) is 12.3 Å². The van der Waals surface area contributed by atoms with Gasteiger partial charge in [0.25, 0.3) is 0 Å². The number of nitrogens with zero attached hydrogens (tertiary/aromatic N) is 2. The van der Waals surface area contributed by atoms with Crippen LogP contribution >= 0.6 is 0 Å². The molecule has 0 fully saturated rings. The van der Waals surface area contributed by atoms with Gasteiger partial charge in [-0.3, -0.25) is 0 Å². The molecule has 0 aliphatic rings. The summed E-state index contributed by atoms with van der Waals surface area (Å²) in [6.45, 7) is 2.13. The molecule has 56 valence electrons. The van der Waals surface area contributed by atoms with Crippen molar-refractivity contribution in [2.75, 3.05) is 0 Å². The SMILES string of the molecule is CCCCc1ccn(O)n1. The molecule has 0 saturated heterocycles. The number of rotatable bonds is 3. The van der Waals surface area contributed by atoms with Crippen LogP contribution in [0, 0.1) is 0 Å². The summed E-state index contributed by atoms with van der Waals surface area (Å²) in [5.74, 6) is 0. The third-order valence-corrected chi connectivity index (χ3v) is 1.42. The molecule has 0 spiro atoms. The van der Waals surface area contributed by atoms with Crippen molar-refractivity contribution in [2.45, 2.75) is 26.2 Å². The number of hydrogen-bond acceptors (Lipinski definition) is 2. The van der Waals surface area contributed by atoms with Crippen LogP contribution in [0.1, 0.15) is 25.5 Å². The molecule has 0 aliphatic heterocycles. The maximum atomic E-state index is 8.76. The van der Waals surface area contributed by atoms with Gasteiger partial charge in [0.2, 0.25) is 0 Å². The van der Waals surface area contributed by atoms with Gasteiger partial charge in [-0.25, -0.2) is 0 Å². The Morgan fingerprint density at radius 2 is 2.50 bits per heavy atom. The summed E-state index contributed by atoms with van der Waals surface area (Å²) in [7, 11) is 0. The highest BCUT2D eigenvalue weighted by Gasteiger charge is 1.94. The minimum absolute atomic E-state index is 0.852. The third kappa shape index (κ3) is 1.76. The van der Waals surface area contributed by atoms with Gasteiger partial charge in [0, 0.05) is 0 Å². The van der Waals surface area contributed by atoms with E-state index in [4.69, 9.17) is 5.21 Å². The zero-order chi connectivity index (χ0) is 7.40. The van der Waals surface area contributed by atoms with Crippen LogP contribution in [-0.4, -0.2) is 15.2 Å². The van der Waals surface area contributed by atoms with Crippen molar-refractivity contribution in [2.24, 2.45) is 0 Å². The molecule has 1 N–H and O–H groups in total. The van der Waals surface area contributed by atoms with E-state index in [1.54, 1.807) is 6.20 Å². The van der Waals surface area contributed by atoms with Gasteiger partial charge in [-0.05, 0) is 18.9 Å². The zero-order valence-corrected chi connectivity index (χ0v) is 6.12. The summed E-state index contributed by atoms with van der Waals surface area (Å²) in [5, 5.41) is 12.6. The predicted molar refractivity (Wildman–Crippen MR) is 38.0 cm³/mol. The molecular weight excluding hydrogens is 128 g/mol. The van der Waals surface area contributed by atoms with Crippen LogP contribution in [0.3, 0.4) is 0 Å². The van der Waals surface area contributed by atoms with Crippen molar-refractivity contribution in [3.05, 3.63) is 18.0 Å². The van der Waals surface area contributed by atoms with E-state index in [9.17, 15) is 0 Å². The molecule has 3 heteroatoms. The summed E-state index contributed by atoms with van der Waals surface area (Å²) >= 11 is 0. The highest BCUT2D eigenvalue weighted by Crippen LogP contribution is 1.99. The van der Waals surface area contributed by atoms with Gasteiger partial charge in [0.05, 0.1) is 11.9 Å². The van der Waals surface area contributed by atoms with Crippen molar-refractivity contribution < 1.29 is 5.21 Å². The Morgan fingerprint density at radius 3 is 3.00 bits per heavy atom. The Balaban J connectivity index is 2.42. The van der Waals surface area contributed by atoms with Gasteiger partial charge >= 0.3 is 0 Å². The Morgan fingerprint density at radius 1 is 1.70 bits per heavy atom. The zero-order valence-electron chi connectivity index (χ0n) is 6.12. The summed E-state index contributed by atoms with van der Waals surface area (Å²) in [6.07, 6.45) is 4.81. The molecule has 0 bridgehead atoms. The fourth-order valence-corrected chi connectivity index (χ4v) is 0.842. The van der Waals surface area contributed by atoms with Crippen molar-refractivity contribution in [3.8, 4) is 0 Å². The smallest absolute Gasteiger partial charge is 0.0667 e. The molecule has 1 aromatic heterocycles. The summed E-state index contributed by atoms with van der Waals surface area (Å²) in [5.41, 5.74) is 0.962. The molecule has 0 atom stereocenters. The Labute approximate surface area is 60.2 Å². The number of unbranched alkanes of at least 4 members (excludes halogenated alkanes) is 1. The maximum absolute atomic E-state index is 8.76. The summed E-state index contributed by atoms with van der Waals surface area (Å²) in [6, 6.07) is 1.83. The van der Waals surface area contributed by atoms with E-state index < -0.39 is 0 Å². The first-order valence-electron chi connectivity index (χ1n) is 3.56. The van der Waals surface area contributed by atoms with Gasteiger partial charge in [0.1, 0.15) is 0 Å². The average molecular weight is 140 g/mol. The second-order valence-corrected chi connectivity index (χ2v) is 2.33. The fourth-order valence-electron chi connectivity index (χ4n) is 0.842. The number of aromatic nitrogens is 2. The Bertz CT molecular complexity index is 195. The highest BCUT2D eigenvalue weighted by atomic mass is 16.5. The fraction of sp³-hybridized carbons (Fsp3) is 0.571. The van der Waals surface area contributed by atoms with Crippen LogP contribution in [0.5, 0.6) is 0 Å². The topological polar surface area (TPSA) is 38.0 Å². The molecule has 1 aromatic rings. The first-order valence-corrected chi connectivity index (χ1v) is 3.56. The molecule has 0 saturated carbocycles. The van der Waals surface area contributed by atoms with Crippen molar-refractivity contribution in [1.29, 1.82) is 0 Å². The number of hydrogen-bond donors (Lipinski definition) is 1. The quantitative estimate of drug-likeness (QED) is 0.645. The molecule has 0 radical (unpaired) electrons. The molecule has 3 nitrogen and oxygen atoms in total. The Kier molecular flexibility index (Phi) is 2.31. The van der Waals surface area contributed by atoms with Crippen LogP contribution in [0.25, 0.3) is 0 Å². The minimum atomic E-state index is 0.852. The third-order valence-electron chi connectivity index (χ3n) is 1.42. The Hall–Kier alpha value is -0.990. The van der Waals surface area contributed by atoms with Gasteiger partial charge in [-0.1, -0.05) is 13.3 Å². The molecular formula is C7H12N2O. The molecule has 1 heterocycles. The van der Waals surface area contributed by atoms with Crippen molar-refractivity contribution in [1.82, 2.24) is 9.94 Å². The van der Waals surface area contributed by atoms with Crippen LogP contribution in [0.4, 0.5) is 0 Å². The van der Waals surface area contributed by atoms with E-state index in [1.807, 2.05) is 6.07 Å². The normalized spacial score (nSPS) is 10.1. The van der Waals surface area contributed by atoms with E-state index in [0.29, 0.717) is 0 Å². The van der Waals surface area contributed by atoms with E-state index in [1.165, 1.54) is 0 Å². The molecule has 1 rings (SSSR count). The maximum Gasteiger partial charge on any atom is 0.0667 e. The summed E-state index contributed by atoms with van der Waals surface area (Å²) in [4.78, 5) is 0.852. The van der Waals surface area contributed by atoms with E-state index in [0.717, 1.165) is 29.8 Å². The van der Waals surface area contributed by atoms with Gasteiger partial charge in [-0.15, -0.1) is 9.94 Å². The van der Waals surface area contributed by atoms with E-state index in [-0.39, 0.29) is 0 Å². The minimum Gasteiger partial charge on any atom is -0.412 e. The summed E-state index contributed by atoms with van der Waals surface area (Å²) < 4.78 is 0. The lowest BCUT2D eigenvalue weighted by atomic mass is 10.2. The van der Waals surface area contributed by atoms with Crippen LogP contribution in [0.2, 0.25) is 0 Å². The first-order chi connectivity index (χ1) is 4.83. The lowest BCUT2D eigenvalue weighted by Crippen LogP contribution is -1.92. The standard InChI is InChI=1S/C7H12N2O/c1-2-3-4-7-5-6-9(10)8-7/h5-6,10H,2-4H2,1H3. The molecule has 0 unspecified atom stereocenters.